The molecule has 0 saturated heterocycles. The molecule has 1 aliphatic rings. The molecule has 0 fully saturated rings. The predicted octanol–water partition coefficient (Wildman–Crippen LogP) is 3.05. The molecule has 7 heteroatoms. The van der Waals surface area contributed by atoms with Crippen LogP contribution in [-0.4, -0.2) is 22.6 Å². The SMILES string of the molecule is Cc1onc(-c2ccc(F)cc2)c1COc1ccc2c(n1)CCNC2=O. The summed E-state index contributed by atoms with van der Waals surface area (Å²) in [6, 6.07) is 9.43. The molecule has 0 saturated carbocycles. The van der Waals surface area contributed by atoms with E-state index in [0.29, 0.717) is 35.9 Å². The second kappa shape index (κ2) is 6.59. The summed E-state index contributed by atoms with van der Waals surface area (Å²) in [5.74, 6) is 0.638. The van der Waals surface area contributed by atoms with Gasteiger partial charge in [-0.2, -0.15) is 0 Å². The van der Waals surface area contributed by atoms with Crippen LogP contribution in [0.4, 0.5) is 4.39 Å². The number of halogens is 1. The van der Waals surface area contributed by atoms with Crippen LogP contribution in [0.1, 0.15) is 27.4 Å². The second-order valence-corrected chi connectivity index (χ2v) is 6.01. The molecule has 1 aliphatic heterocycles. The molecular formula is C19H16FN3O3. The van der Waals surface area contributed by atoms with Crippen molar-refractivity contribution in [2.45, 2.75) is 20.0 Å². The van der Waals surface area contributed by atoms with Crippen LogP contribution in [-0.2, 0) is 13.0 Å². The van der Waals surface area contributed by atoms with Crippen molar-refractivity contribution in [1.82, 2.24) is 15.5 Å². The first-order chi connectivity index (χ1) is 12.6. The van der Waals surface area contributed by atoms with Crippen molar-refractivity contribution < 1.29 is 18.4 Å². The van der Waals surface area contributed by atoms with Crippen LogP contribution in [0.3, 0.4) is 0 Å². The third-order valence-electron chi connectivity index (χ3n) is 4.31. The molecule has 0 aliphatic carbocycles. The minimum Gasteiger partial charge on any atom is -0.473 e. The van der Waals surface area contributed by atoms with Crippen molar-refractivity contribution in [3.8, 4) is 17.1 Å². The zero-order valence-corrected chi connectivity index (χ0v) is 14.1. The van der Waals surface area contributed by atoms with Crippen LogP contribution in [0.5, 0.6) is 5.88 Å². The quantitative estimate of drug-likeness (QED) is 0.780. The Kier molecular flexibility index (Phi) is 4.12. The van der Waals surface area contributed by atoms with Gasteiger partial charge in [-0.1, -0.05) is 5.16 Å². The molecule has 0 atom stereocenters. The Morgan fingerprint density at radius 3 is 2.85 bits per heavy atom. The molecule has 4 rings (SSSR count). The van der Waals surface area contributed by atoms with Gasteiger partial charge in [-0.15, -0.1) is 0 Å². The van der Waals surface area contributed by atoms with Crippen molar-refractivity contribution in [3.63, 3.8) is 0 Å². The van der Waals surface area contributed by atoms with Gasteiger partial charge in [0.15, 0.2) is 0 Å². The first-order valence-electron chi connectivity index (χ1n) is 8.24. The summed E-state index contributed by atoms with van der Waals surface area (Å²) < 4.78 is 24.2. The Morgan fingerprint density at radius 1 is 1.23 bits per heavy atom. The van der Waals surface area contributed by atoms with E-state index < -0.39 is 0 Å². The molecule has 3 heterocycles. The van der Waals surface area contributed by atoms with E-state index in [0.717, 1.165) is 16.8 Å². The van der Waals surface area contributed by atoms with Gasteiger partial charge in [0.05, 0.1) is 16.8 Å². The number of carbonyl (C=O) groups excluding carboxylic acids is 1. The fourth-order valence-electron chi connectivity index (χ4n) is 2.89. The van der Waals surface area contributed by atoms with Gasteiger partial charge in [-0.3, -0.25) is 4.79 Å². The molecule has 1 amide bonds. The van der Waals surface area contributed by atoms with Gasteiger partial charge in [0.1, 0.15) is 23.9 Å². The van der Waals surface area contributed by atoms with E-state index in [-0.39, 0.29) is 18.3 Å². The number of nitrogens with one attached hydrogen (secondary N) is 1. The van der Waals surface area contributed by atoms with E-state index in [9.17, 15) is 9.18 Å². The number of ether oxygens (including phenoxy) is 1. The van der Waals surface area contributed by atoms with E-state index in [4.69, 9.17) is 9.26 Å². The highest BCUT2D eigenvalue weighted by Gasteiger charge is 2.19. The molecule has 0 unspecified atom stereocenters. The molecule has 132 valence electrons. The van der Waals surface area contributed by atoms with Gasteiger partial charge in [0, 0.05) is 24.6 Å². The number of nitrogens with zero attached hydrogens (tertiary/aromatic N) is 2. The summed E-state index contributed by atoms with van der Waals surface area (Å²) in [6.07, 6.45) is 0.672. The van der Waals surface area contributed by atoms with Crippen molar-refractivity contribution in [2.75, 3.05) is 6.54 Å². The third kappa shape index (κ3) is 3.03. The van der Waals surface area contributed by atoms with E-state index in [2.05, 4.69) is 15.5 Å². The number of aryl methyl sites for hydroxylation is 1. The minimum atomic E-state index is -0.311. The first kappa shape index (κ1) is 16.3. The summed E-state index contributed by atoms with van der Waals surface area (Å²) >= 11 is 0. The Morgan fingerprint density at radius 2 is 2.04 bits per heavy atom. The monoisotopic (exact) mass is 353 g/mol. The van der Waals surface area contributed by atoms with E-state index in [1.165, 1.54) is 12.1 Å². The molecule has 0 bridgehead atoms. The lowest BCUT2D eigenvalue weighted by atomic mass is 10.1. The van der Waals surface area contributed by atoms with Crippen LogP contribution < -0.4 is 10.1 Å². The van der Waals surface area contributed by atoms with E-state index >= 15 is 0 Å². The van der Waals surface area contributed by atoms with Crippen LogP contribution in [0.25, 0.3) is 11.3 Å². The highest BCUT2D eigenvalue weighted by Crippen LogP contribution is 2.27. The summed E-state index contributed by atoms with van der Waals surface area (Å²) in [5, 5.41) is 6.84. The van der Waals surface area contributed by atoms with Gasteiger partial charge in [0.2, 0.25) is 5.88 Å². The van der Waals surface area contributed by atoms with Crippen molar-refractivity contribution in [1.29, 1.82) is 0 Å². The molecule has 6 nitrogen and oxygen atoms in total. The second-order valence-electron chi connectivity index (χ2n) is 6.01. The molecule has 26 heavy (non-hydrogen) atoms. The highest BCUT2D eigenvalue weighted by molar-refractivity contribution is 5.96. The number of carbonyl (C=O) groups is 1. The molecule has 0 spiro atoms. The van der Waals surface area contributed by atoms with Crippen LogP contribution in [0, 0.1) is 12.7 Å². The normalized spacial score (nSPS) is 13.2. The lowest BCUT2D eigenvalue weighted by molar-refractivity contribution is 0.0944. The Labute approximate surface area is 149 Å². The number of pyridine rings is 1. The van der Waals surface area contributed by atoms with Gasteiger partial charge >= 0.3 is 0 Å². The topological polar surface area (TPSA) is 77.2 Å². The number of hydrogen-bond acceptors (Lipinski definition) is 5. The van der Waals surface area contributed by atoms with E-state index in [1.807, 2.05) is 0 Å². The molecule has 1 aromatic carbocycles. The van der Waals surface area contributed by atoms with Gasteiger partial charge in [-0.05, 0) is 37.3 Å². The maximum atomic E-state index is 13.1. The van der Waals surface area contributed by atoms with E-state index in [1.54, 1.807) is 31.2 Å². The zero-order valence-electron chi connectivity index (χ0n) is 14.1. The van der Waals surface area contributed by atoms with Crippen LogP contribution in [0.15, 0.2) is 40.9 Å². The Hall–Kier alpha value is -3.22. The third-order valence-corrected chi connectivity index (χ3v) is 4.31. The zero-order chi connectivity index (χ0) is 18.1. The minimum absolute atomic E-state index is 0.112. The summed E-state index contributed by atoms with van der Waals surface area (Å²) in [7, 11) is 0. The number of benzene rings is 1. The van der Waals surface area contributed by atoms with Gasteiger partial charge < -0.3 is 14.6 Å². The number of aromatic nitrogens is 2. The predicted molar refractivity (Wildman–Crippen MR) is 91.2 cm³/mol. The fourth-order valence-corrected chi connectivity index (χ4v) is 2.89. The Balaban J connectivity index is 1.56. The summed E-state index contributed by atoms with van der Waals surface area (Å²) in [5.41, 5.74) is 3.44. The number of rotatable bonds is 4. The molecule has 0 radical (unpaired) electrons. The number of hydrogen-bond donors (Lipinski definition) is 1. The van der Waals surface area contributed by atoms with Crippen molar-refractivity contribution in [2.24, 2.45) is 0 Å². The van der Waals surface area contributed by atoms with Crippen LogP contribution in [0.2, 0.25) is 0 Å². The van der Waals surface area contributed by atoms with Crippen molar-refractivity contribution >= 4 is 5.91 Å². The lowest BCUT2D eigenvalue weighted by Crippen LogP contribution is -2.32. The Bertz CT molecular complexity index is 967. The average molecular weight is 353 g/mol. The standard InChI is InChI=1S/C19H16FN3O3/c1-11-15(18(23-26-11)12-2-4-13(20)5-3-12)10-25-17-7-6-14-16(22-17)8-9-21-19(14)24/h2-7H,8-10H2,1H3,(H,21,24). The number of amides is 1. The highest BCUT2D eigenvalue weighted by atomic mass is 19.1. The van der Waals surface area contributed by atoms with Gasteiger partial charge in [0.25, 0.3) is 5.91 Å². The number of fused-ring (bicyclic) bond motifs is 1. The molecule has 3 aromatic rings. The smallest absolute Gasteiger partial charge is 0.253 e. The molecular weight excluding hydrogens is 337 g/mol. The molecule has 1 N–H and O–H groups in total. The largest absolute Gasteiger partial charge is 0.473 e. The summed E-state index contributed by atoms with van der Waals surface area (Å²) in [6.45, 7) is 2.57. The summed E-state index contributed by atoms with van der Waals surface area (Å²) in [4.78, 5) is 16.2. The lowest BCUT2D eigenvalue weighted by Gasteiger charge is -2.16. The van der Waals surface area contributed by atoms with Crippen LogP contribution >= 0.6 is 0 Å². The molecule has 2 aromatic heterocycles. The van der Waals surface area contributed by atoms with Gasteiger partial charge in [-0.25, -0.2) is 9.37 Å². The average Bonchev–Trinajstić information content (AvgIpc) is 3.01. The fraction of sp³-hybridized carbons (Fsp3) is 0.211. The maximum absolute atomic E-state index is 13.1. The maximum Gasteiger partial charge on any atom is 0.253 e. The first-order valence-corrected chi connectivity index (χ1v) is 8.24. The van der Waals surface area contributed by atoms with Crippen molar-refractivity contribution in [3.05, 3.63) is 64.8 Å².